The van der Waals surface area contributed by atoms with E-state index in [9.17, 15) is 4.79 Å². The standard InChI is InChI=1S/C14H13NO2S/c16-14-3-1-2-10-6-11(4-5-13(10)14)17-8-12-7-15-9-18-12/h4-7,9H,1-3,8H2. The van der Waals surface area contributed by atoms with Crippen LogP contribution in [0.4, 0.5) is 0 Å². The van der Waals surface area contributed by atoms with Crippen LogP contribution in [0.25, 0.3) is 0 Å². The van der Waals surface area contributed by atoms with Crippen molar-refractivity contribution in [2.45, 2.75) is 25.9 Å². The van der Waals surface area contributed by atoms with Gasteiger partial charge in [-0.2, -0.15) is 0 Å². The van der Waals surface area contributed by atoms with Crippen molar-refractivity contribution >= 4 is 17.1 Å². The smallest absolute Gasteiger partial charge is 0.163 e. The fourth-order valence-electron chi connectivity index (χ4n) is 2.18. The number of aryl methyl sites for hydroxylation is 1. The highest BCUT2D eigenvalue weighted by molar-refractivity contribution is 7.09. The van der Waals surface area contributed by atoms with E-state index in [1.807, 2.05) is 24.4 Å². The van der Waals surface area contributed by atoms with Crippen LogP contribution in [0.5, 0.6) is 5.75 Å². The van der Waals surface area contributed by atoms with Gasteiger partial charge in [-0.05, 0) is 36.6 Å². The van der Waals surface area contributed by atoms with Crippen molar-refractivity contribution in [2.75, 3.05) is 0 Å². The summed E-state index contributed by atoms with van der Waals surface area (Å²) in [5.74, 6) is 1.09. The van der Waals surface area contributed by atoms with Gasteiger partial charge in [-0.15, -0.1) is 11.3 Å². The first kappa shape index (κ1) is 11.4. The summed E-state index contributed by atoms with van der Waals surface area (Å²) in [6, 6.07) is 5.76. The molecule has 0 N–H and O–H groups in total. The molecule has 1 aromatic carbocycles. The zero-order valence-corrected chi connectivity index (χ0v) is 10.7. The molecule has 0 radical (unpaired) electrons. The summed E-state index contributed by atoms with van der Waals surface area (Å²) in [6.07, 6.45) is 4.41. The maximum atomic E-state index is 11.7. The van der Waals surface area contributed by atoms with Crippen LogP contribution in [0.1, 0.15) is 33.6 Å². The molecule has 0 bridgehead atoms. The highest BCUT2D eigenvalue weighted by Gasteiger charge is 2.17. The van der Waals surface area contributed by atoms with Gasteiger partial charge in [0.15, 0.2) is 5.78 Å². The van der Waals surface area contributed by atoms with E-state index in [4.69, 9.17) is 4.74 Å². The Morgan fingerprint density at radius 2 is 2.28 bits per heavy atom. The summed E-state index contributed by atoms with van der Waals surface area (Å²) in [4.78, 5) is 16.8. The molecule has 3 rings (SSSR count). The molecule has 0 unspecified atom stereocenters. The van der Waals surface area contributed by atoms with Gasteiger partial charge in [0.25, 0.3) is 0 Å². The Bertz CT molecular complexity index is 563. The lowest BCUT2D eigenvalue weighted by molar-refractivity contribution is 0.0972. The van der Waals surface area contributed by atoms with Crippen molar-refractivity contribution in [2.24, 2.45) is 0 Å². The second-order valence-electron chi connectivity index (χ2n) is 4.35. The Labute approximate surface area is 109 Å². The van der Waals surface area contributed by atoms with Gasteiger partial charge in [0, 0.05) is 18.2 Å². The average Bonchev–Trinajstić information content (AvgIpc) is 2.90. The molecule has 18 heavy (non-hydrogen) atoms. The lowest BCUT2D eigenvalue weighted by atomic mass is 9.91. The van der Waals surface area contributed by atoms with Crippen molar-refractivity contribution in [1.82, 2.24) is 4.98 Å². The third kappa shape index (κ3) is 2.29. The van der Waals surface area contributed by atoms with Crippen molar-refractivity contribution in [1.29, 1.82) is 0 Å². The molecule has 0 atom stereocenters. The van der Waals surface area contributed by atoms with Crippen molar-refractivity contribution in [3.8, 4) is 5.75 Å². The third-order valence-electron chi connectivity index (χ3n) is 3.09. The number of rotatable bonds is 3. The van der Waals surface area contributed by atoms with E-state index in [1.165, 1.54) is 0 Å². The van der Waals surface area contributed by atoms with Crippen LogP contribution in [0.3, 0.4) is 0 Å². The van der Waals surface area contributed by atoms with E-state index in [2.05, 4.69) is 4.98 Å². The molecule has 0 aliphatic heterocycles. The largest absolute Gasteiger partial charge is 0.488 e. The Kier molecular flexibility index (Phi) is 3.11. The predicted octanol–water partition coefficient (Wildman–Crippen LogP) is 3.24. The number of carbonyl (C=O) groups excluding carboxylic acids is 1. The maximum Gasteiger partial charge on any atom is 0.163 e. The van der Waals surface area contributed by atoms with Gasteiger partial charge in [0.05, 0.1) is 10.4 Å². The highest BCUT2D eigenvalue weighted by Crippen LogP contribution is 2.26. The number of ketones is 1. The predicted molar refractivity (Wildman–Crippen MR) is 70.2 cm³/mol. The van der Waals surface area contributed by atoms with E-state index in [0.29, 0.717) is 13.0 Å². The number of hydrogen-bond donors (Lipinski definition) is 0. The van der Waals surface area contributed by atoms with E-state index in [0.717, 1.165) is 34.6 Å². The van der Waals surface area contributed by atoms with E-state index in [1.54, 1.807) is 16.8 Å². The first-order chi connectivity index (χ1) is 8.83. The SMILES string of the molecule is O=C1CCCc2cc(OCc3cncs3)ccc21. The van der Waals surface area contributed by atoms with E-state index >= 15 is 0 Å². The molecule has 92 valence electrons. The summed E-state index contributed by atoms with van der Waals surface area (Å²) in [6.45, 7) is 0.539. The molecule has 1 aliphatic carbocycles. The maximum absolute atomic E-state index is 11.7. The molecular formula is C14H13NO2S. The molecule has 0 amide bonds. The Balaban J connectivity index is 1.76. The highest BCUT2D eigenvalue weighted by atomic mass is 32.1. The van der Waals surface area contributed by atoms with Crippen LogP contribution in [-0.4, -0.2) is 10.8 Å². The minimum Gasteiger partial charge on any atom is -0.488 e. The fraction of sp³-hybridized carbons (Fsp3) is 0.286. The number of nitrogens with zero attached hydrogens (tertiary/aromatic N) is 1. The first-order valence-corrected chi connectivity index (χ1v) is 6.87. The molecule has 3 nitrogen and oxygen atoms in total. The molecule has 0 saturated carbocycles. The molecule has 0 spiro atoms. The Morgan fingerprint density at radius 1 is 1.33 bits per heavy atom. The number of hydrogen-bond acceptors (Lipinski definition) is 4. The summed E-state index contributed by atoms with van der Waals surface area (Å²) in [7, 11) is 0. The van der Waals surface area contributed by atoms with Gasteiger partial charge < -0.3 is 4.74 Å². The number of Topliss-reactive ketones (excluding diaryl/α,β-unsaturated/α-hetero) is 1. The van der Waals surface area contributed by atoms with E-state index < -0.39 is 0 Å². The summed E-state index contributed by atoms with van der Waals surface area (Å²) in [5.41, 5.74) is 3.78. The van der Waals surface area contributed by atoms with Crippen LogP contribution in [0.2, 0.25) is 0 Å². The van der Waals surface area contributed by atoms with Gasteiger partial charge in [-0.1, -0.05) is 0 Å². The number of ether oxygens (including phenoxy) is 1. The lowest BCUT2D eigenvalue weighted by Gasteiger charge is -2.15. The summed E-state index contributed by atoms with van der Waals surface area (Å²) < 4.78 is 5.71. The molecule has 1 heterocycles. The van der Waals surface area contributed by atoms with Crippen LogP contribution in [0, 0.1) is 0 Å². The van der Waals surface area contributed by atoms with Gasteiger partial charge in [-0.25, -0.2) is 0 Å². The number of carbonyl (C=O) groups is 1. The molecule has 0 saturated heterocycles. The quantitative estimate of drug-likeness (QED) is 0.849. The van der Waals surface area contributed by atoms with Gasteiger partial charge in [0.2, 0.25) is 0 Å². The Morgan fingerprint density at radius 3 is 3.11 bits per heavy atom. The normalized spacial score (nSPS) is 14.3. The van der Waals surface area contributed by atoms with Gasteiger partial charge in [-0.3, -0.25) is 9.78 Å². The van der Waals surface area contributed by atoms with Crippen LogP contribution in [-0.2, 0) is 13.0 Å². The second-order valence-corrected chi connectivity index (χ2v) is 5.32. The molecule has 4 heteroatoms. The molecular weight excluding hydrogens is 246 g/mol. The van der Waals surface area contributed by atoms with Gasteiger partial charge >= 0.3 is 0 Å². The van der Waals surface area contributed by atoms with Crippen LogP contribution in [0.15, 0.2) is 29.9 Å². The third-order valence-corrected chi connectivity index (χ3v) is 3.84. The minimum atomic E-state index is 0.255. The Hall–Kier alpha value is -1.68. The van der Waals surface area contributed by atoms with Crippen LogP contribution >= 0.6 is 11.3 Å². The fourth-order valence-corrected chi connectivity index (χ4v) is 2.69. The number of thiazole rings is 1. The average molecular weight is 259 g/mol. The van der Waals surface area contributed by atoms with Crippen molar-refractivity contribution in [3.05, 3.63) is 45.9 Å². The van der Waals surface area contributed by atoms with Gasteiger partial charge in [0.1, 0.15) is 12.4 Å². The number of benzene rings is 1. The first-order valence-electron chi connectivity index (χ1n) is 5.99. The topological polar surface area (TPSA) is 39.2 Å². The number of aromatic nitrogens is 1. The van der Waals surface area contributed by atoms with Crippen molar-refractivity contribution in [3.63, 3.8) is 0 Å². The number of fused-ring (bicyclic) bond motifs is 1. The molecule has 1 aromatic heterocycles. The summed E-state index contributed by atoms with van der Waals surface area (Å²) >= 11 is 1.58. The summed E-state index contributed by atoms with van der Waals surface area (Å²) in [5, 5.41) is 0. The zero-order valence-electron chi connectivity index (χ0n) is 9.89. The zero-order chi connectivity index (χ0) is 12.4. The molecule has 2 aromatic rings. The lowest BCUT2D eigenvalue weighted by Crippen LogP contribution is -2.10. The monoisotopic (exact) mass is 259 g/mol. The second kappa shape index (κ2) is 4.90. The van der Waals surface area contributed by atoms with Crippen LogP contribution < -0.4 is 4.74 Å². The molecule has 1 aliphatic rings. The minimum absolute atomic E-state index is 0.255. The molecule has 0 fully saturated rings. The van der Waals surface area contributed by atoms with Crippen molar-refractivity contribution < 1.29 is 9.53 Å². The van der Waals surface area contributed by atoms with E-state index in [-0.39, 0.29) is 5.78 Å².